The number of aryl methyl sites for hydroxylation is 1. The molecule has 2 aromatic heterocycles. The van der Waals surface area contributed by atoms with Crippen LogP contribution in [0.4, 0.5) is 5.69 Å². The lowest BCUT2D eigenvalue weighted by Gasteiger charge is -2.08. The third kappa shape index (κ3) is 2.98. The largest absolute Gasteiger partial charge is 0.323 e. The monoisotopic (exact) mass is 324 g/mol. The number of hydrogen-bond acceptors (Lipinski definition) is 5. The van der Waals surface area contributed by atoms with E-state index in [1.165, 1.54) is 22.2 Å². The Morgan fingerprint density at radius 1 is 1.43 bits per heavy atom. The summed E-state index contributed by atoms with van der Waals surface area (Å²) in [5.74, 6) is -0.386. The van der Waals surface area contributed by atoms with E-state index < -0.39 is 0 Å². The summed E-state index contributed by atoms with van der Waals surface area (Å²) in [5.41, 5.74) is 0.548. The lowest BCUT2D eigenvalue weighted by molar-refractivity contribution is -0.116. The van der Waals surface area contributed by atoms with Gasteiger partial charge in [0.25, 0.3) is 5.56 Å². The van der Waals surface area contributed by atoms with E-state index >= 15 is 0 Å². The molecule has 3 rings (SSSR count). The number of carbonyl (C=O) groups is 1. The number of fused-ring (bicyclic) bond motifs is 1. The molecule has 6 nitrogen and oxygen atoms in total. The van der Waals surface area contributed by atoms with Crippen molar-refractivity contribution in [3.05, 3.63) is 57.5 Å². The lowest BCUT2D eigenvalue weighted by Crippen LogP contribution is -2.27. The molecule has 0 saturated carbocycles. The first-order chi connectivity index (χ1) is 11.1. The fourth-order valence-corrected chi connectivity index (χ4v) is 3.06. The van der Waals surface area contributed by atoms with E-state index in [0.717, 1.165) is 4.88 Å². The highest BCUT2D eigenvalue weighted by atomic mass is 32.1. The molecule has 0 saturated heterocycles. The highest BCUT2D eigenvalue weighted by Crippen LogP contribution is 2.19. The van der Waals surface area contributed by atoms with Gasteiger partial charge in [0.15, 0.2) is 0 Å². The molecule has 0 radical (unpaired) electrons. The molecule has 0 aliphatic carbocycles. The maximum atomic E-state index is 12.4. The Bertz CT molecular complexity index is 997. The number of nitrogens with one attached hydrogen (secondary N) is 1. The van der Waals surface area contributed by atoms with Gasteiger partial charge in [-0.2, -0.15) is 5.26 Å². The van der Waals surface area contributed by atoms with Crippen molar-refractivity contribution in [2.24, 2.45) is 0 Å². The maximum absolute atomic E-state index is 12.4. The normalized spacial score (nSPS) is 10.4. The second kappa shape index (κ2) is 6.02. The van der Waals surface area contributed by atoms with Gasteiger partial charge in [-0.3, -0.25) is 14.2 Å². The van der Waals surface area contributed by atoms with Crippen molar-refractivity contribution < 1.29 is 4.79 Å². The molecular formula is C16H12N4O2S. The second-order valence-electron chi connectivity index (χ2n) is 4.96. The van der Waals surface area contributed by atoms with Crippen LogP contribution in [0.2, 0.25) is 0 Å². The highest BCUT2D eigenvalue weighted by molar-refractivity contribution is 7.18. The fraction of sp³-hybridized carbons (Fsp3) is 0.125. The Morgan fingerprint density at radius 3 is 3.00 bits per heavy atom. The van der Waals surface area contributed by atoms with Crippen molar-refractivity contribution in [3.63, 3.8) is 0 Å². The number of anilines is 1. The van der Waals surface area contributed by atoms with Crippen molar-refractivity contribution >= 4 is 33.1 Å². The minimum absolute atomic E-state index is 0.156. The first-order valence-corrected chi connectivity index (χ1v) is 7.64. The number of hydrogen-bond donors (Lipinski definition) is 1. The van der Waals surface area contributed by atoms with Crippen molar-refractivity contribution in [2.45, 2.75) is 13.5 Å². The molecule has 23 heavy (non-hydrogen) atoms. The summed E-state index contributed by atoms with van der Waals surface area (Å²) < 4.78 is 1.26. The number of rotatable bonds is 3. The Labute approximate surface area is 135 Å². The van der Waals surface area contributed by atoms with Crippen LogP contribution in [0.15, 0.2) is 41.5 Å². The number of aromatic nitrogens is 2. The van der Waals surface area contributed by atoms with Gasteiger partial charge >= 0.3 is 0 Å². The summed E-state index contributed by atoms with van der Waals surface area (Å²) in [6, 6.07) is 10.5. The first kappa shape index (κ1) is 14.9. The summed E-state index contributed by atoms with van der Waals surface area (Å²) in [6.45, 7) is 1.75. The molecule has 0 bridgehead atoms. The number of carbonyl (C=O) groups excluding carboxylic acids is 1. The van der Waals surface area contributed by atoms with E-state index in [2.05, 4.69) is 10.3 Å². The van der Waals surface area contributed by atoms with Crippen LogP contribution in [0.3, 0.4) is 0 Å². The third-order valence-electron chi connectivity index (χ3n) is 3.28. The molecule has 1 aromatic carbocycles. The van der Waals surface area contributed by atoms with E-state index in [-0.39, 0.29) is 18.0 Å². The number of benzene rings is 1. The molecule has 0 fully saturated rings. The van der Waals surface area contributed by atoms with Crippen LogP contribution >= 0.6 is 11.3 Å². The van der Waals surface area contributed by atoms with Gasteiger partial charge in [0.05, 0.1) is 23.0 Å². The minimum atomic E-state index is -0.386. The molecular weight excluding hydrogens is 312 g/mol. The van der Waals surface area contributed by atoms with Crippen LogP contribution in [0.5, 0.6) is 0 Å². The van der Waals surface area contributed by atoms with E-state index in [0.29, 0.717) is 21.5 Å². The van der Waals surface area contributed by atoms with Crippen molar-refractivity contribution in [1.82, 2.24) is 9.55 Å². The maximum Gasteiger partial charge on any atom is 0.262 e. The predicted molar refractivity (Wildman–Crippen MR) is 88.4 cm³/mol. The molecule has 0 spiro atoms. The summed E-state index contributed by atoms with van der Waals surface area (Å²) in [5, 5.41) is 12.2. The number of nitriles is 1. The van der Waals surface area contributed by atoms with Crippen LogP contribution < -0.4 is 10.9 Å². The number of para-hydroxylation sites is 1. The summed E-state index contributed by atoms with van der Waals surface area (Å²) >= 11 is 1.44. The van der Waals surface area contributed by atoms with Crippen molar-refractivity contribution in [3.8, 4) is 6.07 Å². The highest BCUT2D eigenvalue weighted by Gasteiger charge is 2.11. The van der Waals surface area contributed by atoms with Gasteiger partial charge in [-0.1, -0.05) is 12.1 Å². The molecule has 0 aliphatic heterocycles. The Hall–Kier alpha value is -2.98. The van der Waals surface area contributed by atoms with Crippen LogP contribution in [-0.4, -0.2) is 15.5 Å². The summed E-state index contributed by atoms with van der Waals surface area (Å²) in [6.07, 6.45) is 1.37. The van der Waals surface area contributed by atoms with Crippen molar-refractivity contribution in [1.29, 1.82) is 5.26 Å². The average molecular weight is 324 g/mol. The molecule has 1 N–H and O–H groups in total. The van der Waals surface area contributed by atoms with Crippen LogP contribution in [-0.2, 0) is 11.3 Å². The molecule has 0 unspecified atom stereocenters. The van der Waals surface area contributed by atoms with Crippen molar-refractivity contribution in [2.75, 3.05) is 5.32 Å². The van der Waals surface area contributed by atoms with Gasteiger partial charge in [0.2, 0.25) is 5.91 Å². The molecule has 0 aliphatic rings. The predicted octanol–water partition coefficient (Wildman–Crippen LogP) is 2.28. The molecule has 7 heteroatoms. The summed E-state index contributed by atoms with van der Waals surface area (Å²) in [7, 11) is 0. The Balaban J connectivity index is 1.85. The topological polar surface area (TPSA) is 87.8 Å². The quantitative estimate of drug-likeness (QED) is 0.800. The molecule has 114 valence electrons. The van der Waals surface area contributed by atoms with Gasteiger partial charge in [-0.15, -0.1) is 11.3 Å². The Morgan fingerprint density at radius 2 is 2.22 bits per heavy atom. The zero-order chi connectivity index (χ0) is 16.4. The van der Waals surface area contributed by atoms with Gasteiger partial charge in [-0.25, -0.2) is 4.98 Å². The zero-order valence-corrected chi connectivity index (χ0v) is 13.1. The standard InChI is InChI=1S/C16H12N4O2S/c1-10-6-12-15(23-10)18-9-20(16(12)22)8-14(21)19-13-5-3-2-4-11(13)7-17/h2-6,9H,8H2,1H3,(H,19,21). The van der Waals surface area contributed by atoms with Crippen LogP contribution in [0.25, 0.3) is 10.2 Å². The molecule has 1 amide bonds. The van der Waals surface area contributed by atoms with Crippen LogP contribution in [0, 0.1) is 18.3 Å². The van der Waals surface area contributed by atoms with E-state index in [4.69, 9.17) is 5.26 Å². The number of thiophene rings is 1. The summed E-state index contributed by atoms with van der Waals surface area (Å²) in [4.78, 5) is 30.4. The molecule has 0 atom stereocenters. The zero-order valence-electron chi connectivity index (χ0n) is 12.2. The number of amides is 1. The van der Waals surface area contributed by atoms with E-state index in [1.54, 1.807) is 30.3 Å². The van der Waals surface area contributed by atoms with Gasteiger partial charge in [-0.05, 0) is 25.1 Å². The number of nitrogens with zero attached hydrogens (tertiary/aromatic N) is 3. The lowest BCUT2D eigenvalue weighted by atomic mass is 10.2. The smallest absolute Gasteiger partial charge is 0.262 e. The second-order valence-corrected chi connectivity index (χ2v) is 6.19. The minimum Gasteiger partial charge on any atom is -0.323 e. The molecule has 3 aromatic rings. The fourth-order valence-electron chi connectivity index (χ4n) is 2.23. The first-order valence-electron chi connectivity index (χ1n) is 6.83. The Kier molecular flexibility index (Phi) is 3.91. The molecule has 2 heterocycles. The van der Waals surface area contributed by atoms with Gasteiger partial charge < -0.3 is 5.32 Å². The van der Waals surface area contributed by atoms with Gasteiger partial charge in [0.1, 0.15) is 17.4 Å². The van der Waals surface area contributed by atoms with Crippen LogP contribution in [0.1, 0.15) is 10.4 Å². The third-order valence-corrected chi connectivity index (χ3v) is 4.24. The van der Waals surface area contributed by atoms with E-state index in [1.807, 2.05) is 13.0 Å². The van der Waals surface area contributed by atoms with Gasteiger partial charge in [0, 0.05) is 4.88 Å². The van der Waals surface area contributed by atoms with E-state index in [9.17, 15) is 9.59 Å². The average Bonchev–Trinajstić information content (AvgIpc) is 2.92. The SMILES string of the molecule is Cc1cc2c(=O)n(CC(=O)Nc3ccccc3C#N)cnc2s1.